The molecular weight excluding hydrogens is 554 g/mol. The number of carbonyl (C=O) groups is 1. The van der Waals surface area contributed by atoms with Crippen molar-refractivity contribution in [2.45, 2.75) is 23.7 Å². The third kappa shape index (κ3) is 5.09. The molecule has 2 heterocycles. The minimum absolute atomic E-state index is 0.128. The van der Waals surface area contributed by atoms with Gasteiger partial charge in [0.05, 0.1) is 24.1 Å². The first-order valence-electron chi connectivity index (χ1n) is 11.8. The predicted octanol–water partition coefficient (Wildman–Crippen LogP) is 4.73. The fraction of sp³-hybridized carbons (Fsp3) is 0.192. The number of hydrogen-bond donors (Lipinski definition) is 3. The summed E-state index contributed by atoms with van der Waals surface area (Å²) in [4.78, 5) is 23.5. The molecule has 0 saturated carbocycles. The lowest BCUT2D eigenvalue weighted by atomic mass is 9.83. The van der Waals surface area contributed by atoms with Gasteiger partial charge in [0.25, 0.3) is 10.0 Å². The van der Waals surface area contributed by atoms with Crippen molar-refractivity contribution in [1.82, 2.24) is 19.7 Å². The van der Waals surface area contributed by atoms with Crippen molar-refractivity contribution in [1.29, 1.82) is 0 Å². The Morgan fingerprint density at radius 1 is 1.12 bits per heavy atom. The summed E-state index contributed by atoms with van der Waals surface area (Å²) in [6.45, 7) is 0. The number of rotatable bonds is 8. The van der Waals surface area contributed by atoms with Crippen LogP contribution in [-0.2, 0) is 10.0 Å². The first kappa shape index (κ1) is 27.1. The fourth-order valence-corrected chi connectivity index (χ4v) is 5.64. The van der Waals surface area contributed by atoms with E-state index in [1.165, 1.54) is 19.6 Å². The number of Topliss-reactive ketones (excluding diaryl/α,β-unsaturated/α-hetero) is 1. The highest BCUT2D eigenvalue weighted by molar-refractivity contribution is 7.89. The van der Waals surface area contributed by atoms with Gasteiger partial charge in [-0.15, -0.1) is 0 Å². The third-order valence-electron chi connectivity index (χ3n) is 6.37. The van der Waals surface area contributed by atoms with Gasteiger partial charge in [-0.25, -0.2) is 35.9 Å². The number of carbonyl (C=O) groups excluding carboxylic acids is 1. The molecular formula is C26H21F4N5O4S. The van der Waals surface area contributed by atoms with Crippen LogP contribution in [0, 0.1) is 17.6 Å². The Hall–Kier alpha value is -4.46. The minimum atomic E-state index is -4.80. The first-order valence-corrected chi connectivity index (χ1v) is 13.3. The minimum Gasteiger partial charge on any atom is -0.497 e. The van der Waals surface area contributed by atoms with Gasteiger partial charge in [0.2, 0.25) is 0 Å². The van der Waals surface area contributed by atoms with E-state index >= 15 is 8.78 Å². The molecule has 1 aliphatic rings. The maximum Gasteiger partial charge on any atom is 0.264 e. The highest BCUT2D eigenvalue weighted by atomic mass is 32.2. The van der Waals surface area contributed by atoms with Gasteiger partial charge in [-0.2, -0.15) is 0 Å². The summed E-state index contributed by atoms with van der Waals surface area (Å²) in [6, 6.07) is 8.58. The average Bonchev–Trinajstić information content (AvgIpc) is 3.37. The van der Waals surface area contributed by atoms with Crippen molar-refractivity contribution in [3.05, 3.63) is 84.0 Å². The second-order valence-electron chi connectivity index (χ2n) is 8.89. The molecule has 5 rings (SSSR count). The summed E-state index contributed by atoms with van der Waals surface area (Å²) in [5, 5.41) is 3.20. The smallest absolute Gasteiger partial charge is 0.264 e. The molecule has 0 bridgehead atoms. The molecule has 9 nitrogen and oxygen atoms in total. The lowest BCUT2D eigenvalue weighted by molar-refractivity contribution is 0.0704. The number of nitrogens with one attached hydrogen (secondary N) is 3. The highest BCUT2D eigenvalue weighted by Gasteiger charge is 2.43. The van der Waals surface area contributed by atoms with Crippen LogP contribution >= 0.6 is 0 Å². The molecule has 40 heavy (non-hydrogen) atoms. The second kappa shape index (κ2) is 10.6. The van der Waals surface area contributed by atoms with Crippen LogP contribution in [0.4, 0.5) is 29.1 Å². The van der Waals surface area contributed by atoms with Crippen LogP contribution in [0.1, 0.15) is 16.8 Å². The lowest BCUT2D eigenvalue weighted by Gasteiger charge is -2.29. The van der Waals surface area contributed by atoms with E-state index < -0.39 is 62.7 Å². The Morgan fingerprint density at radius 3 is 2.70 bits per heavy atom. The molecule has 0 aliphatic heterocycles. The van der Waals surface area contributed by atoms with Crippen LogP contribution in [0.15, 0.2) is 71.7 Å². The Kier molecular flexibility index (Phi) is 7.19. The van der Waals surface area contributed by atoms with Gasteiger partial charge >= 0.3 is 0 Å². The number of sulfonamides is 1. The van der Waals surface area contributed by atoms with Crippen molar-refractivity contribution >= 4 is 38.3 Å². The Labute approximate surface area is 225 Å². The zero-order chi connectivity index (χ0) is 28.6. The summed E-state index contributed by atoms with van der Waals surface area (Å²) in [5.41, 5.74) is -0.0331. The van der Waals surface area contributed by atoms with Crippen LogP contribution in [0.5, 0.6) is 5.75 Å². The summed E-state index contributed by atoms with van der Waals surface area (Å²) in [7, 11) is -3.31. The molecule has 3 unspecified atom stereocenters. The van der Waals surface area contributed by atoms with Crippen LogP contribution in [-0.4, -0.2) is 48.6 Å². The standard InChI is InChI=1S/C26H21F4N5O4S/c1-39-15-4-2-3-14(10-15)34-26-21-16(11-31-25(21)32-12-33-26)24(36)22-18(29)7-8-19(23(22)30)35-40(37,38)20-9-13(27)5-6-17(20)28/h2-6,8-12,18,22-23,35H,7H2,1H3,(H2,31,32,33,34). The van der Waals surface area contributed by atoms with Crippen molar-refractivity contribution in [3.8, 4) is 5.75 Å². The number of benzene rings is 2. The number of ether oxygens (including phenoxy) is 1. The molecule has 1 aliphatic carbocycles. The molecule has 2 aromatic carbocycles. The Morgan fingerprint density at radius 2 is 1.93 bits per heavy atom. The number of methoxy groups -OCH3 is 1. The first-order chi connectivity index (χ1) is 19.1. The number of nitrogens with zero attached hydrogens (tertiary/aromatic N) is 2. The summed E-state index contributed by atoms with van der Waals surface area (Å²) in [5.74, 6) is -4.52. The Balaban J connectivity index is 1.46. The SMILES string of the molecule is COc1cccc(Nc2ncnc3[nH]cc(C(=O)C4C(F)CC=C(NS(=O)(=O)c5cc(F)ccc5F)C4F)c23)c1. The number of anilines is 2. The van der Waals surface area contributed by atoms with Gasteiger partial charge in [0.15, 0.2) is 12.0 Å². The number of hydrogen-bond acceptors (Lipinski definition) is 7. The zero-order valence-electron chi connectivity index (χ0n) is 20.7. The number of alkyl halides is 2. The largest absolute Gasteiger partial charge is 0.497 e. The monoisotopic (exact) mass is 575 g/mol. The van der Waals surface area contributed by atoms with Crippen LogP contribution in [0.3, 0.4) is 0 Å². The molecule has 4 aromatic rings. The van der Waals surface area contributed by atoms with E-state index in [0.29, 0.717) is 23.6 Å². The summed E-state index contributed by atoms with van der Waals surface area (Å²) >= 11 is 0. The van der Waals surface area contributed by atoms with E-state index in [4.69, 9.17) is 4.74 Å². The zero-order valence-corrected chi connectivity index (χ0v) is 21.5. The molecule has 0 radical (unpaired) electrons. The van der Waals surface area contributed by atoms with E-state index in [1.807, 2.05) is 4.72 Å². The van der Waals surface area contributed by atoms with E-state index in [2.05, 4.69) is 20.3 Å². The summed E-state index contributed by atoms with van der Waals surface area (Å²) < 4.78 is 90.9. The number of halogens is 4. The topological polar surface area (TPSA) is 126 Å². The maximum absolute atomic E-state index is 15.7. The number of allylic oxidation sites excluding steroid dienone is 2. The van der Waals surface area contributed by atoms with Crippen molar-refractivity contribution < 1.29 is 35.5 Å². The summed E-state index contributed by atoms with van der Waals surface area (Å²) in [6.07, 6.45) is -1.57. The molecule has 3 atom stereocenters. The predicted molar refractivity (Wildman–Crippen MR) is 137 cm³/mol. The van der Waals surface area contributed by atoms with Crippen LogP contribution < -0.4 is 14.8 Å². The number of aromatic nitrogens is 3. The molecule has 0 fully saturated rings. The van der Waals surface area contributed by atoms with Gasteiger partial charge in [-0.1, -0.05) is 12.1 Å². The third-order valence-corrected chi connectivity index (χ3v) is 7.77. The molecule has 2 aromatic heterocycles. The maximum atomic E-state index is 15.7. The number of ketones is 1. The van der Waals surface area contributed by atoms with Crippen molar-refractivity contribution in [2.75, 3.05) is 12.4 Å². The number of aromatic amines is 1. The second-order valence-corrected chi connectivity index (χ2v) is 10.5. The molecule has 208 valence electrons. The average molecular weight is 576 g/mol. The van der Waals surface area contributed by atoms with Crippen molar-refractivity contribution in [3.63, 3.8) is 0 Å². The number of fused-ring (bicyclic) bond motifs is 1. The van der Waals surface area contributed by atoms with Crippen molar-refractivity contribution in [2.24, 2.45) is 5.92 Å². The van der Waals surface area contributed by atoms with Gasteiger partial charge in [-0.05, 0) is 36.8 Å². The molecule has 14 heteroatoms. The lowest BCUT2D eigenvalue weighted by Crippen LogP contribution is -2.42. The van der Waals surface area contributed by atoms with Gasteiger partial charge in [0.1, 0.15) is 46.2 Å². The van der Waals surface area contributed by atoms with Gasteiger partial charge in [-0.3, -0.25) is 9.52 Å². The van der Waals surface area contributed by atoms with Gasteiger partial charge in [0, 0.05) is 23.5 Å². The van der Waals surface area contributed by atoms with E-state index in [-0.39, 0.29) is 22.4 Å². The Bertz CT molecular complexity index is 1740. The molecule has 3 N–H and O–H groups in total. The van der Waals surface area contributed by atoms with Gasteiger partial charge < -0.3 is 15.0 Å². The van der Waals surface area contributed by atoms with E-state index in [1.54, 1.807) is 24.3 Å². The molecule has 0 saturated heterocycles. The molecule has 0 amide bonds. The fourth-order valence-electron chi connectivity index (χ4n) is 4.43. The van der Waals surface area contributed by atoms with Crippen LogP contribution in [0.2, 0.25) is 0 Å². The highest BCUT2D eigenvalue weighted by Crippen LogP contribution is 2.36. The normalized spacial score (nSPS) is 19.2. The van der Waals surface area contributed by atoms with Crippen LogP contribution in [0.25, 0.3) is 11.0 Å². The quantitative estimate of drug-likeness (QED) is 0.205. The van der Waals surface area contributed by atoms with E-state index in [9.17, 15) is 22.0 Å². The molecule has 0 spiro atoms. The van der Waals surface area contributed by atoms with E-state index in [0.717, 1.165) is 12.1 Å². The number of H-pyrrole nitrogens is 1.